The zero-order valence-electron chi connectivity index (χ0n) is 15.4. The minimum Gasteiger partial charge on any atom is -0.351 e. The number of rotatable bonds is 8. The van der Waals surface area contributed by atoms with Crippen molar-refractivity contribution in [3.8, 4) is 0 Å². The molecule has 0 aliphatic carbocycles. The van der Waals surface area contributed by atoms with E-state index >= 15 is 0 Å². The van der Waals surface area contributed by atoms with Gasteiger partial charge < -0.3 is 4.74 Å². The summed E-state index contributed by atoms with van der Waals surface area (Å²) in [6.07, 6.45) is 1.62. The van der Waals surface area contributed by atoms with Gasteiger partial charge in [-0.1, -0.05) is 30.3 Å². The molecule has 0 fully saturated rings. The van der Waals surface area contributed by atoms with Crippen LogP contribution in [0.3, 0.4) is 0 Å². The summed E-state index contributed by atoms with van der Waals surface area (Å²) in [7, 11) is 1.50. The Bertz CT molecular complexity index is 668. The number of amides is 2. The number of benzene rings is 1. The van der Waals surface area contributed by atoms with Crippen LogP contribution in [0, 0.1) is 0 Å². The maximum absolute atomic E-state index is 11.9. The van der Waals surface area contributed by atoms with Crippen molar-refractivity contribution in [2.24, 2.45) is 0 Å². The van der Waals surface area contributed by atoms with Gasteiger partial charge in [-0.25, -0.2) is 9.78 Å². The second-order valence-corrected chi connectivity index (χ2v) is 6.75. The first-order valence-electron chi connectivity index (χ1n) is 8.20. The molecule has 0 spiro atoms. The molecule has 136 valence electrons. The summed E-state index contributed by atoms with van der Waals surface area (Å²) in [6.45, 7) is 7.29. The normalized spacial score (nSPS) is 17.6. The van der Waals surface area contributed by atoms with Gasteiger partial charge in [-0.15, -0.1) is 0 Å². The Morgan fingerprint density at radius 3 is 2.20 bits per heavy atom. The molecule has 1 aromatic rings. The average molecular weight is 347 g/mol. The van der Waals surface area contributed by atoms with E-state index in [1.807, 2.05) is 44.2 Å². The molecule has 0 radical (unpaired) electrons. The third kappa shape index (κ3) is 4.54. The number of methoxy groups -OCH3 is 1. The number of hydrogen-bond donors (Lipinski definition) is 0. The smallest absolute Gasteiger partial charge is 0.256 e. The molecule has 6 nitrogen and oxygen atoms in total. The van der Waals surface area contributed by atoms with Crippen molar-refractivity contribution in [3.63, 3.8) is 0 Å². The maximum Gasteiger partial charge on any atom is 0.256 e. The number of imide groups is 1. The Balaban J connectivity index is 1.96. The second kappa shape index (κ2) is 7.47. The van der Waals surface area contributed by atoms with E-state index in [0.29, 0.717) is 5.57 Å². The van der Waals surface area contributed by atoms with Crippen LogP contribution in [0.4, 0.5) is 0 Å². The van der Waals surface area contributed by atoms with E-state index < -0.39 is 11.4 Å². The van der Waals surface area contributed by atoms with Crippen molar-refractivity contribution >= 4 is 11.8 Å². The molecule has 1 aliphatic rings. The van der Waals surface area contributed by atoms with Gasteiger partial charge in [0, 0.05) is 31.7 Å². The molecule has 6 heteroatoms. The molecule has 0 aromatic heterocycles. The van der Waals surface area contributed by atoms with Crippen molar-refractivity contribution < 1.29 is 24.1 Å². The molecule has 1 heterocycles. The van der Waals surface area contributed by atoms with Crippen LogP contribution in [-0.4, -0.2) is 36.2 Å². The van der Waals surface area contributed by atoms with Gasteiger partial charge >= 0.3 is 0 Å². The first kappa shape index (κ1) is 19.3. The summed E-state index contributed by atoms with van der Waals surface area (Å²) in [4.78, 5) is 36.1. The molecule has 0 saturated carbocycles. The van der Waals surface area contributed by atoms with Crippen molar-refractivity contribution in [2.45, 2.75) is 45.5 Å². The van der Waals surface area contributed by atoms with E-state index in [1.165, 1.54) is 18.1 Å². The SMILES string of the molecule is COC(C)(CCN1C(=O)C=C(C)C1=O)OOC(C)(C)c1ccccc1. The fraction of sp³-hybridized carbons (Fsp3) is 0.474. The first-order valence-corrected chi connectivity index (χ1v) is 8.20. The molecule has 0 bridgehead atoms. The maximum atomic E-state index is 11.9. The predicted molar refractivity (Wildman–Crippen MR) is 92.1 cm³/mol. The zero-order valence-corrected chi connectivity index (χ0v) is 15.4. The summed E-state index contributed by atoms with van der Waals surface area (Å²) in [5.74, 6) is -1.69. The minimum absolute atomic E-state index is 0.185. The number of nitrogens with zero attached hydrogens (tertiary/aromatic N) is 1. The quantitative estimate of drug-likeness (QED) is 0.313. The summed E-state index contributed by atoms with van der Waals surface area (Å²) < 4.78 is 5.41. The van der Waals surface area contributed by atoms with Crippen LogP contribution in [0.25, 0.3) is 0 Å². The van der Waals surface area contributed by atoms with Gasteiger partial charge in [0.15, 0.2) is 5.79 Å². The Morgan fingerprint density at radius 1 is 1.04 bits per heavy atom. The third-order valence-corrected chi connectivity index (χ3v) is 4.31. The van der Waals surface area contributed by atoms with Gasteiger partial charge in [0.2, 0.25) is 0 Å². The van der Waals surface area contributed by atoms with Gasteiger partial charge in [0.05, 0.1) is 0 Å². The molecule has 1 unspecified atom stereocenters. The Kier molecular flexibility index (Phi) is 5.77. The fourth-order valence-corrected chi connectivity index (χ4v) is 2.42. The van der Waals surface area contributed by atoms with Crippen LogP contribution < -0.4 is 0 Å². The Labute approximate surface area is 148 Å². The van der Waals surface area contributed by atoms with E-state index in [2.05, 4.69) is 0 Å². The lowest BCUT2D eigenvalue weighted by Crippen LogP contribution is -2.41. The van der Waals surface area contributed by atoms with Crippen LogP contribution in [0.1, 0.15) is 39.7 Å². The molecule has 1 aliphatic heterocycles. The highest BCUT2D eigenvalue weighted by Gasteiger charge is 2.35. The highest BCUT2D eigenvalue weighted by Crippen LogP contribution is 2.29. The average Bonchev–Trinajstić information content (AvgIpc) is 2.84. The largest absolute Gasteiger partial charge is 0.351 e. The van der Waals surface area contributed by atoms with E-state index in [0.717, 1.165) is 5.56 Å². The van der Waals surface area contributed by atoms with Crippen molar-refractivity contribution in [1.29, 1.82) is 0 Å². The highest BCUT2D eigenvalue weighted by atomic mass is 17.2. The molecular weight excluding hydrogens is 322 g/mol. The van der Waals surface area contributed by atoms with Crippen LogP contribution >= 0.6 is 0 Å². The van der Waals surface area contributed by atoms with Crippen molar-refractivity contribution in [3.05, 3.63) is 47.5 Å². The topological polar surface area (TPSA) is 65.1 Å². The number of ether oxygens (including phenoxy) is 1. The van der Waals surface area contributed by atoms with Crippen LogP contribution in [0.2, 0.25) is 0 Å². The van der Waals surface area contributed by atoms with Crippen molar-refractivity contribution in [2.75, 3.05) is 13.7 Å². The standard InChI is InChI=1S/C19H25NO5/c1-14-13-16(21)20(17(14)22)12-11-19(4,23-5)25-24-18(2,3)15-9-7-6-8-10-15/h6-10,13H,11-12H2,1-5H3. The Morgan fingerprint density at radius 2 is 1.68 bits per heavy atom. The lowest BCUT2D eigenvalue weighted by Gasteiger charge is -2.33. The van der Waals surface area contributed by atoms with E-state index in [9.17, 15) is 9.59 Å². The van der Waals surface area contributed by atoms with Gasteiger partial charge in [-0.2, -0.15) is 0 Å². The van der Waals surface area contributed by atoms with E-state index in [1.54, 1.807) is 13.8 Å². The number of carbonyl (C=O) groups is 2. The molecule has 1 aromatic carbocycles. The lowest BCUT2D eigenvalue weighted by atomic mass is 9.99. The van der Waals surface area contributed by atoms with Crippen LogP contribution in [-0.2, 0) is 29.7 Å². The Hall–Kier alpha value is -2.02. The molecule has 0 N–H and O–H groups in total. The van der Waals surface area contributed by atoms with E-state index in [4.69, 9.17) is 14.5 Å². The van der Waals surface area contributed by atoms with Gasteiger partial charge in [-0.05, 0) is 33.3 Å². The second-order valence-electron chi connectivity index (χ2n) is 6.75. The first-order chi connectivity index (χ1) is 11.7. The van der Waals surface area contributed by atoms with Gasteiger partial charge in [-0.3, -0.25) is 14.5 Å². The summed E-state index contributed by atoms with van der Waals surface area (Å²) >= 11 is 0. The number of carbonyl (C=O) groups excluding carboxylic acids is 2. The third-order valence-electron chi connectivity index (χ3n) is 4.31. The highest BCUT2D eigenvalue weighted by molar-refractivity contribution is 6.15. The van der Waals surface area contributed by atoms with Crippen LogP contribution in [0.15, 0.2) is 42.0 Å². The molecule has 25 heavy (non-hydrogen) atoms. The van der Waals surface area contributed by atoms with Gasteiger partial charge in [0.25, 0.3) is 11.8 Å². The zero-order chi connectivity index (χ0) is 18.7. The molecular formula is C19H25NO5. The summed E-state index contributed by atoms with van der Waals surface area (Å²) in [5, 5.41) is 0. The predicted octanol–water partition coefficient (Wildman–Crippen LogP) is 2.94. The molecule has 0 saturated heterocycles. The molecule has 2 rings (SSSR count). The lowest BCUT2D eigenvalue weighted by molar-refractivity contribution is -0.458. The van der Waals surface area contributed by atoms with Gasteiger partial charge in [0.1, 0.15) is 5.60 Å². The monoisotopic (exact) mass is 347 g/mol. The van der Waals surface area contributed by atoms with Crippen molar-refractivity contribution in [1.82, 2.24) is 4.90 Å². The summed E-state index contributed by atoms with van der Waals surface area (Å²) in [5.41, 5.74) is 0.711. The molecule has 2 amide bonds. The summed E-state index contributed by atoms with van der Waals surface area (Å²) in [6, 6.07) is 9.68. The molecule has 1 atom stereocenters. The number of hydrogen-bond acceptors (Lipinski definition) is 5. The van der Waals surface area contributed by atoms with Crippen LogP contribution in [0.5, 0.6) is 0 Å². The fourth-order valence-electron chi connectivity index (χ4n) is 2.42. The minimum atomic E-state index is -1.09. The van der Waals surface area contributed by atoms with E-state index in [-0.39, 0.29) is 24.8 Å².